The fourth-order valence-electron chi connectivity index (χ4n) is 2.61. The number of benzene rings is 2. The minimum atomic E-state index is 0.446. The third-order valence-electron chi connectivity index (χ3n) is 3.94. The minimum Gasteiger partial charge on any atom is -0.492 e. The Morgan fingerprint density at radius 1 is 1.12 bits per heavy atom. The summed E-state index contributed by atoms with van der Waals surface area (Å²) in [5.41, 5.74) is 2.56. The van der Waals surface area contributed by atoms with E-state index in [1.165, 1.54) is 11.1 Å². The standard InChI is InChI=1S/C20H26BrNO2/c1-4-24-19-13-17(12-18(21)20(19)23-3)14-22-15(2)10-11-16-8-6-5-7-9-16/h5-9,12-13,15,22H,4,10-11,14H2,1-3H3/t15-/m1/s1. The van der Waals surface area contributed by atoms with Gasteiger partial charge in [0.05, 0.1) is 18.2 Å². The van der Waals surface area contributed by atoms with Crippen LogP contribution in [-0.2, 0) is 13.0 Å². The molecule has 0 fully saturated rings. The van der Waals surface area contributed by atoms with Gasteiger partial charge in [0.2, 0.25) is 0 Å². The molecule has 3 nitrogen and oxygen atoms in total. The molecule has 24 heavy (non-hydrogen) atoms. The van der Waals surface area contributed by atoms with Gasteiger partial charge in [0, 0.05) is 12.6 Å². The van der Waals surface area contributed by atoms with E-state index >= 15 is 0 Å². The summed E-state index contributed by atoms with van der Waals surface area (Å²) in [6.07, 6.45) is 2.20. The van der Waals surface area contributed by atoms with Gasteiger partial charge in [-0.2, -0.15) is 0 Å². The topological polar surface area (TPSA) is 30.5 Å². The molecule has 0 aromatic heterocycles. The van der Waals surface area contributed by atoms with Crippen molar-refractivity contribution >= 4 is 15.9 Å². The molecule has 0 unspecified atom stereocenters. The third kappa shape index (κ3) is 5.53. The Morgan fingerprint density at radius 3 is 2.54 bits per heavy atom. The van der Waals surface area contributed by atoms with Gasteiger partial charge in [0.25, 0.3) is 0 Å². The van der Waals surface area contributed by atoms with E-state index < -0.39 is 0 Å². The number of hydrogen-bond acceptors (Lipinski definition) is 3. The molecule has 0 amide bonds. The van der Waals surface area contributed by atoms with E-state index in [4.69, 9.17) is 9.47 Å². The van der Waals surface area contributed by atoms with Gasteiger partial charge in [0.15, 0.2) is 11.5 Å². The first-order chi connectivity index (χ1) is 11.6. The lowest BCUT2D eigenvalue weighted by Gasteiger charge is -2.16. The smallest absolute Gasteiger partial charge is 0.174 e. The van der Waals surface area contributed by atoms with Gasteiger partial charge in [-0.1, -0.05) is 30.3 Å². The predicted molar refractivity (Wildman–Crippen MR) is 103 cm³/mol. The van der Waals surface area contributed by atoms with Crippen molar-refractivity contribution in [3.05, 3.63) is 58.1 Å². The molecule has 0 aliphatic heterocycles. The molecule has 0 saturated carbocycles. The normalized spacial score (nSPS) is 12.0. The molecule has 0 spiro atoms. The van der Waals surface area contributed by atoms with Crippen LogP contribution in [0.1, 0.15) is 31.4 Å². The molecule has 2 rings (SSSR count). The summed E-state index contributed by atoms with van der Waals surface area (Å²) in [6, 6.07) is 15.2. The van der Waals surface area contributed by atoms with E-state index in [0.29, 0.717) is 12.6 Å². The fourth-order valence-corrected chi connectivity index (χ4v) is 3.26. The minimum absolute atomic E-state index is 0.446. The highest BCUT2D eigenvalue weighted by Gasteiger charge is 2.11. The highest BCUT2D eigenvalue weighted by molar-refractivity contribution is 9.10. The summed E-state index contributed by atoms with van der Waals surface area (Å²) in [7, 11) is 1.66. The molecule has 2 aromatic rings. The molecule has 0 radical (unpaired) electrons. The van der Waals surface area contributed by atoms with Crippen molar-refractivity contribution in [1.29, 1.82) is 0 Å². The number of nitrogens with one attached hydrogen (secondary N) is 1. The Balaban J connectivity index is 1.91. The highest BCUT2D eigenvalue weighted by Crippen LogP contribution is 2.36. The zero-order valence-corrected chi connectivity index (χ0v) is 16.2. The summed E-state index contributed by atoms with van der Waals surface area (Å²) in [5.74, 6) is 1.53. The van der Waals surface area contributed by atoms with Gasteiger partial charge in [0.1, 0.15) is 0 Å². The Labute approximate surface area is 153 Å². The van der Waals surface area contributed by atoms with E-state index in [2.05, 4.69) is 64.6 Å². The Morgan fingerprint density at radius 2 is 1.88 bits per heavy atom. The average molecular weight is 392 g/mol. The monoisotopic (exact) mass is 391 g/mol. The Kier molecular flexibility index (Phi) is 7.60. The van der Waals surface area contributed by atoms with E-state index in [-0.39, 0.29) is 0 Å². The van der Waals surface area contributed by atoms with Crippen LogP contribution >= 0.6 is 15.9 Å². The molecular formula is C20H26BrNO2. The first kappa shape index (κ1) is 18.8. The number of ether oxygens (including phenoxy) is 2. The zero-order valence-electron chi connectivity index (χ0n) is 14.6. The lowest BCUT2D eigenvalue weighted by atomic mass is 10.1. The summed E-state index contributed by atoms with van der Waals surface area (Å²) in [6.45, 7) is 5.63. The number of hydrogen-bond donors (Lipinski definition) is 1. The van der Waals surface area contributed by atoms with Crippen molar-refractivity contribution in [2.45, 2.75) is 39.3 Å². The molecule has 2 aromatic carbocycles. The molecule has 0 saturated heterocycles. The molecule has 0 heterocycles. The number of aryl methyl sites for hydroxylation is 1. The van der Waals surface area contributed by atoms with Crippen molar-refractivity contribution in [1.82, 2.24) is 5.32 Å². The van der Waals surface area contributed by atoms with Gasteiger partial charge in [-0.05, 0) is 65.9 Å². The predicted octanol–water partition coefficient (Wildman–Crippen LogP) is 4.97. The summed E-state index contributed by atoms with van der Waals surface area (Å²) >= 11 is 3.56. The van der Waals surface area contributed by atoms with E-state index in [9.17, 15) is 0 Å². The van der Waals surface area contributed by atoms with Gasteiger partial charge in [-0.3, -0.25) is 0 Å². The third-order valence-corrected chi connectivity index (χ3v) is 4.53. The van der Waals surface area contributed by atoms with Crippen molar-refractivity contribution < 1.29 is 9.47 Å². The fraction of sp³-hybridized carbons (Fsp3) is 0.400. The highest BCUT2D eigenvalue weighted by atomic mass is 79.9. The van der Waals surface area contributed by atoms with E-state index in [0.717, 1.165) is 35.4 Å². The summed E-state index contributed by atoms with van der Waals surface area (Å²) < 4.78 is 12.0. The second-order valence-electron chi connectivity index (χ2n) is 5.85. The van der Waals surface area contributed by atoms with Crippen molar-refractivity contribution in [3.8, 4) is 11.5 Å². The number of methoxy groups -OCH3 is 1. The van der Waals surface area contributed by atoms with Crippen LogP contribution < -0.4 is 14.8 Å². The number of halogens is 1. The second-order valence-corrected chi connectivity index (χ2v) is 6.70. The van der Waals surface area contributed by atoms with Crippen LogP contribution in [-0.4, -0.2) is 19.8 Å². The van der Waals surface area contributed by atoms with Crippen LogP contribution in [0.3, 0.4) is 0 Å². The van der Waals surface area contributed by atoms with Gasteiger partial charge >= 0.3 is 0 Å². The molecule has 1 N–H and O–H groups in total. The van der Waals surface area contributed by atoms with Crippen molar-refractivity contribution in [2.75, 3.05) is 13.7 Å². The SMILES string of the molecule is CCOc1cc(CN[C@H](C)CCc2ccccc2)cc(Br)c1OC. The maximum absolute atomic E-state index is 5.68. The lowest BCUT2D eigenvalue weighted by molar-refractivity contribution is 0.309. The quantitative estimate of drug-likeness (QED) is 0.654. The van der Waals surface area contributed by atoms with Crippen LogP contribution in [0, 0.1) is 0 Å². The Hall–Kier alpha value is -1.52. The van der Waals surface area contributed by atoms with Crippen LogP contribution in [0.2, 0.25) is 0 Å². The zero-order chi connectivity index (χ0) is 17.4. The van der Waals surface area contributed by atoms with Gasteiger partial charge in [-0.15, -0.1) is 0 Å². The lowest BCUT2D eigenvalue weighted by Crippen LogP contribution is -2.26. The van der Waals surface area contributed by atoms with E-state index in [1.807, 2.05) is 13.0 Å². The number of rotatable bonds is 9. The summed E-state index contributed by atoms with van der Waals surface area (Å²) in [4.78, 5) is 0. The van der Waals surface area contributed by atoms with E-state index in [1.54, 1.807) is 7.11 Å². The first-order valence-electron chi connectivity index (χ1n) is 8.40. The van der Waals surface area contributed by atoms with Gasteiger partial charge < -0.3 is 14.8 Å². The summed E-state index contributed by atoms with van der Waals surface area (Å²) in [5, 5.41) is 3.59. The molecule has 130 valence electrons. The van der Waals surface area contributed by atoms with Crippen LogP contribution in [0.15, 0.2) is 46.9 Å². The Bertz CT molecular complexity index is 631. The van der Waals surface area contributed by atoms with Gasteiger partial charge in [-0.25, -0.2) is 0 Å². The van der Waals surface area contributed by atoms with Crippen LogP contribution in [0.4, 0.5) is 0 Å². The van der Waals surface area contributed by atoms with Crippen molar-refractivity contribution in [2.24, 2.45) is 0 Å². The molecular weight excluding hydrogens is 366 g/mol. The largest absolute Gasteiger partial charge is 0.492 e. The van der Waals surface area contributed by atoms with Crippen molar-refractivity contribution in [3.63, 3.8) is 0 Å². The molecule has 0 bridgehead atoms. The second kappa shape index (κ2) is 9.70. The molecule has 0 aliphatic rings. The maximum atomic E-state index is 5.68. The van der Waals surface area contributed by atoms with Crippen LogP contribution in [0.25, 0.3) is 0 Å². The maximum Gasteiger partial charge on any atom is 0.174 e. The molecule has 0 aliphatic carbocycles. The van der Waals surface area contributed by atoms with Crippen LogP contribution in [0.5, 0.6) is 11.5 Å². The molecule has 1 atom stereocenters. The first-order valence-corrected chi connectivity index (χ1v) is 9.19. The molecule has 4 heteroatoms. The average Bonchev–Trinajstić information content (AvgIpc) is 2.59.